The topological polar surface area (TPSA) is 91.9 Å². The van der Waals surface area contributed by atoms with Crippen molar-refractivity contribution in [1.29, 1.82) is 0 Å². The summed E-state index contributed by atoms with van der Waals surface area (Å²) < 4.78 is 22.5. The molecule has 0 radical (unpaired) electrons. The highest BCUT2D eigenvalue weighted by molar-refractivity contribution is 7.90. The zero-order chi connectivity index (χ0) is 13.2. The lowest BCUT2D eigenvalue weighted by Crippen LogP contribution is -2.24. The molecule has 2 heterocycles. The minimum Gasteiger partial charge on any atom is -0.309 e. The lowest BCUT2D eigenvalue weighted by Gasteiger charge is -2.03. The number of nitrogens with one attached hydrogen (secondary N) is 2. The monoisotopic (exact) mass is 287 g/mol. The Hall–Kier alpha value is -1.25. The summed E-state index contributed by atoms with van der Waals surface area (Å²) in [5, 5.41) is 4.75. The molecule has 0 aliphatic rings. The first kappa shape index (κ1) is 13.2. The van der Waals surface area contributed by atoms with E-state index in [-0.39, 0.29) is 11.3 Å². The van der Waals surface area contributed by atoms with E-state index in [1.54, 1.807) is 6.07 Å². The highest BCUT2D eigenvalue weighted by Crippen LogP contribution is 2.13. The molecular formula is C10H13N3O3S2. The molecule has 0 aliphatic heterocycles. The fourth-order valence-electron chi connectivity index (χ4n) is 1.47. The summed E-state index contributed by atoms with van der Waals surface area (Å²) in [6, 6.07) is 1.79. The van der Waals surface area contributed by atoms with Gasteiger partial charge in [-0.1, -0.05) is 0 Å². The molecular weight excluding hydrogens is 274 g/mol. The van der Waals surface area contributed by atoms with Gasteiger partial charge in [0.05, 0.1) is 17.8 Å². The lowest BCUT2D eigenvalue weighted by molar-refractivity contribution is 0.595. The summed E-state index contributed by atoms with van der Waals surface area (Å²) in [6.45, 7) is 0.681. The minimum absolute atomic E-state index is 0.0674. The second-order valence-corrected chi connectivity index (χ2v) is 7.13. The Balaban J connectivity index is 2.02. The van der Waals surface area contributed by atoms with Gasteiger partial charge in [0.15, 0.2) is 0 Å². The molecule has 0 atom stereocenters. The van der Waals surface area contributed by atoms with E-state index >= 15 is 0 Å². The van der Waals surface area contributed by atoms with Crippen molar-refractivity contribution in [2.24, 2.45) is 0 Å². The Morgan fingerprint density at radius 2 is 2.28 bits per heavy atom. The van der Waals surface area contributed by atoms with Crippen LogP contribution in [-0.2, 0) is 16.4 Å². The third-order valence-corrected chi connectivity index (χ3v) is 4.15. The van der Waals surface area contributed by atoms with Crippen LogP contribution in [0, 0.1) is 0 Å². The highest BCUT2D eigenvalue weighted by Gasteiger charge is 2.05. The quantitative estimate of drug-likeness (QED) is 0.762. The van der Waals surface area contributed by atoms with E-state index in [4.69, 9.17) is 0 Å². The van der Waals surface area contributed by atoms with E-state index < -0.39 is 9.84 Å². The van der Waals surface area contributed by atoms with Gasteiger partial charge in [-0.3, -0.25) is 4.79 Å². The third-order valence-electron chi connectivity index (χ3n) is 2.31. The van der Waals surface area contributed by atoms with Gasteiger partial charge in [0, 0.05) is 12.8 Å². The number of H-pyrrole nitrogens is 1. The van der Waals surface area contributed by atoms with Crippen LogP contribution in [0.25, 0.3) is 10.2 Å². The maximum Gasteiger partial charge on any atom is 0.268 e. The first-order chi connectivity index (χ1) is 8.46. The maximum absolute atomic E-state index is 11.6. The Bertz CT molecular complexity index is 702. The summed E-state index contributed by atoms with van der Waals surface area (Å²) in [7, 11) is -2.97. The van der Waals surface area contributed by atoms with Gasteiger partial charge in [-0.15, -0.1) is 11.3 Å². The van der Waals surface area contributed by atoms with Gasteiger partial charge < -0.3 is 10.3 Å². The third kappa shape index (κ3) is 3.37. The molecule has 0 aliphatic carbocycles. The van der Waals surface area contributed by atoms with E-state index in [0.717, 1.165) is 0 Å². The van der Waals surface area contributed by atoms with E-state index in [1.807, 2.05) is 5.38 Å². The molecule has 0 spiro atoms. The van der Waals surface area contributed by atoms with Gasteiger partial charge in [-0.2, -0.15) is 0 Å². The molecule has 2 aromatic rings. The summed E-state index contributed by atoms with van der Waals surface area (Å²) in [5.41, 5.74) is 0.513. The molecule has 2 N–H and O–H groups in total. The standard InChI is InChI=1S/C10H13N3O3S2/c1-18(15,16)5-3-11-6-8-12-7-2-4-17-9(7)10(14)13-8/h2,4,11H,3,5-6H2,1H3,(H,12,13,14). The van der Waals surface area contributed by atoms with Gasteiger partial charge in [0.1, 0.15) is 20.4 Å². The zero-order valence-electron chi connectivity index (χ0n) is 9.76. The predicted octanol–water partition coefficient (Wildman–Crippen LogP) is 0.119. The van der Waals surface area contributed by atoms with Crippen molar-refractivity contribution in [3.05, 3.63) is 27.6 Å². The number of thiophene rings is 1. The highest BCUT2D eigenvalue weighted by atomic mass is 32.2. The smallest absolute Gasteiger partial charge is 0.268 e. The van der Waals surface area contributed by atoms with Crippen LogP contribution >= 0.6 is 11.3 Å². The van der Waals surface area contributed by atoms with Gasteiger partial charge >= 0.3 is 0 Å². The van der Waals surface area contributed by atoms with Crippen molar-refractivity contribution in [1.82, 2.24) is 15.3 Å². The molecule has 98 valence electrons. The van der Waals surface area contributed by atoms with Crippen molar-refractivity contribution < 1.29 is 8.42 Å². The molecule has 0 unspecified atom stereocenters. The van der Waals surface area contributed by atoms with Crippen LogP contribution < -0.4 is 10.9 Å². The van der Waals surface area contributed by atoms with Gasteiger partial charge in [-0.05, 0) is 11.4 Å². The van der Waals surface area contributed by atoms with Crippen LogP contribution in [-0.4, -0.2) is 36.9 Å². The molecule has 0 bridgehead atoms. The molecule has 0 fully saturated rings. The van der Waals surface area contributed by atoms with Gasteiger partial charge in [0.2, 0.25) is 0 Å². The number of hydrogen-bond donors (Lipinski definition) is 2. The summed E-state index contributed by atoms with van der Waals surface area (Å²) in [6.07, 6.45) is 1.19. The van der Waals surface area contributed by atoms with Crippen LogP contribution in [0.4, 0.5) is 0 Å². The SMILES string of the molecule is CS(=O)(=O)CCNCc1nc2ccsc2c(=O)[nH]1. The molecule has 0 aromatic carbocycles. The van der Waals surface area contributed by atoms with E-state index in [9.17, 15) is 13.2 Å². The number of nitrogens with zero attached hydrogens (tertiary/aromatic N) is 1. The minimum atomic E-state index is -2.97. The van der Waals surface area contributed by atoms with Crippen molar-refractivity contribution in [3.8, 4) is 0 Å². The van der Waals surface area contributed by atoms with Crippen molar-refractivity contribution >= 4 is 31.4 Å². The van der Waals surface area contributed by atoms with Gasteiger partial charge in [0.25, 0.3) is 5.56 Å². The molecule has 0 saturated heterocycles. The second-order valence-electron chi connectivity index (χ2n) is 3.95. The maximum atomic E-state index is 11.6. The van der Waals surface area contributed by atoms with Crippen molar-refractivity contribution in [3.63, 3.8) is 0 Å². The average molecular weight is 287 g/mol. The fourth-order valence-corrected chi connectivity index (χ4v) is 2.71. The number of fused-ring (bicyclic) bond motifs is 1. The van der Waals surface area contributed by atoms with E-state index in [2.05, 4.69) is 15.3 Å². The molecule has 0 saturated carbocycles. The average Bonchev–Trinajstić information content (AvgIpc) is 2.71. The van der Waals surface area contributed by atoms with Crippen LogP contribution in [0.3, 0.4) is 0 Å². The Morgan fingerprint density at radius 3 is 3.00 bits per heavy atom. The number of rotatable bonds is 5. The Morgan fingerprint density at radius 1 is 1.50 bits per heavy atom. The number of aromatic nitrogens is 2. The van der Waals surface area contributed by atoms with Gasteiger partial charge in [-0.25, -0.2) is 13.4 Å². The largest absolute Gasteiger partial charge is 0.309 e. The number of sulfone groups is 1. The molecule has 8 heteroatoms. The summed E-state index contributed by atoms with van der Waals surface area (Å²) in [4.78, 5) is 18.6. The first-order valence-corrected chi connectivity index (χ1v) is 8.24. The lowest BCUT2D eigenvalue weighted by atomic mass is 10.4. The Labute approximate surface area is 108 Å². The first-order valence-electron chi connectivity index (χ1n) is 5.30. The van der Waals surface area contributed by atoms with Crippen LogP contribution in [0.1, 0.15) is 5.82 Å². The Kier molecular flexibility index (Phi) is 3.79. The summed E-state index contributed by atoms with van der Waals surface area (Å²) >= 11 is 1.35. The van der Waals surface area contributed by atoms with E-state index in [0.29, 0.717) is 29.1 Å². The second kappa shape index (κ2) is 5.17. The zero-order valence-corrected chi connectivity index (χ0v) is 11.4. The fraction of sp³-hybridized carbons (Fsp3) is 0.400. The van der Waals surface area contributed by atoms with Crippen LogP contribution in [0.5, 0.6) is 0 Å². The molecule has 0 amide bonds. The predicted molar refractivity (Wildman–Crippen MR) is 71.7 cm³/mol. The molecule has 2 rings (SSSR count). The van der Waals surface area contributed by atoms with Crippen molar-refractivity contribution in [2.75, 3.05) is 18.6 Å². The number of hydrogen-bond acceptors (Lipinski definition) is 6. The molecule has 6 nitrogen and oxygen atoms in total. The molecule has 18 heavy (non-hydrogen) atoms. The normalized spacial score (nSPS) is 12.1. The summed E-state index contributed by atoms with van der Waals surface area (Å²) in [5.74, 6) is 0.581. The van der Waals surface area contributed by atoms with Crippen molar-refractivity contribution in [2.45, 2.75) is 6.54 Å². The van der Waals surface area contributed by atoms with Crippen LogP contribution in [0.15, 0.2) is 16.2 Å². The van der Waals surface area contributed by atoms with E-state index in [1.165, 1.54) is 17.6 Å². The number of aromatic amines is 1. The molecule has 2 aromatic heterocycles. The van der Waals surface area contributed by atoms with Crippen LogP contribution in [0.2, 0.25) is 0 Å².